The van der Waals surface area contributed by atoms with Gasteiger partial charge >= 0.3 is 6.09 Å². The second kappa shape index (κ2) is 9.99. The number of alkyl carbamates (subject to hydrolysis) is 1. The molecule has 0 aliphatic carbocycles. The third kappa shape index (κ3) is 7.72. The van der Waals surface area contributed by atoms with Crippen LogP contribution in [0.1, 0.15) is 34.1 Å². The number of nitrogens with one attached hydrogen (secondary N) is 2. The second-order valence-electron chi connectivity index (χ2n) is 7.35. The molecule has 8 heteroatoms. The zero-order valence-corrected chi connectivity index (χ0v) is 16.7. The molecule has 1 aliphatic rings. The van der Waals surface area contributed by atoms with Crippen molar-refractivity contribution < 1.29 is 14.3 Å². The Labute approximate surface area is 161 Å². The van der Waals surface area contributed by atoms with Crippen LogP contribution < -0.4 is 15.4 Å². The first-order valence-corrected chi connectivity index (χ1v) is 9.43. The fourth-order valence-corrected chi connectivity index (χ4v) is 2.72. The highest BCUT2D eigenvalue weighted by Crippen LogP contribution is 2.12. The molecule has 1 unspecified atom stereocenters. The first kappa shape index (κ1) is 20.8. The average Bonchev–Trinajstić information content (AvgIpc) is 3.05. The molecule has 1 atom stereocenters. The van der Waals surface area contributed by atoms with Crippen molar-refractivity contribution in [2.45, 2.75) is 45.8 Å². The van der Waals surface area contributed by atoms with Crippen molar-refractivity contribution in [3.8, 4) is 5.75 Å². The van der Waals surface area contributed by atoms with Gasteiger partial charge in [0.2, 0.25) is 0 Å². The minimum Gasteiger partial charge on any atom is -0.490 e. The highest BCUT2D eigenvalue weighted by atomic mass is 16.6. The minimum atomic E-state index is -0.493. The Bertz CT molecular complexity index is 616. The molecular weight excluding hydrogens is 346 g/mol. The van der Waals surface area contributed by atoms with Crippen molar-refractivity contribution >= 4 is 12.1 Å². The van der Waals surface area contributed by atoms with E-state index in [-0.39, 0.29) is 12.1 Å². The lowest BCUT2D eigenvalue weighted by Crippen LogP contribution is -2.44. The van der Waals surface area contributed by atoms with Gasteiger partial charge in [-0.1, -0.05) is 0 Å². The molecular formula is C19H31N5O3. The van der Waals surface area contributed by atoms with Crippen molar-refractivity contribution in [3.05, 3.63) is 24.5 Å². The van der Waals surface area contributed by atoms with Gasteiger partial charge in [0.1, 0.15) is 18.0 Å². The van der Waals surface area contributed by atoms with Crippen LogP contribution in [0, 0.1) is 0 Å². The first-order valence-electron chi connectivity index (χ1n) is 9.43. The molecule has 1 saturated heterocycles. The lowest BCUT2D eigenvalue weighted by Gasteiger charge is -2.23. The largest absolute Gasteiger partial charge is 0.490 e. The summed E-state index contributed by atoms with van der Waals surface area (Å²) in [5, 5.41) is 6.23. The van der Waals surface area contributed by atoms with Gasteiger partial charge in [0, 0.05) is 25.8 Å². The average molecular weight is 377 g/mol. The number of hydrogen-bond donors (Lipinski definition) is 2. The quantitative estimate of drug-likeness (QED) is 0.448. The number of rotatable bonds is 6. The monoisotopic (exact) mass is 377 g/mol. The third-order valence-electron chi connectivity index (χ3n) is 3.80. The normalized spacial score (nSPS) is 17.6. The van der Waals surface area contributed by atoms with E-state index in [0.29, 0.717) is 19.7 Å². The van der Waals surface area contributed by atoms with Gasteiger partial charge in [-0.2, -0.15) is 0 Å². The molecule has 1 aromatic heterocycles. The van der Waals surface area contributed by atoms with Crippen LogP contribution in [0.4, 0.5) is 4.79 Å². The Morgan fingerprint density at radius 2 is 2.26 bits per heavy atom. The molecule has 2 heterocycles. The fraction of sp³-hybridized carbons (Fsp3) is 0.632. The topological polar surface area (TPSA) is 88.1 Å². The molecule has 0 aromatic carbocycles. The van der Waals surface area contributed by atoms with Crippen LogP contribution in [-0.4, -0.2) is 66.4 Å². The molecule has 1 fully saturated rings. The Morgan fingerprint density at radius 3 is 2.93 bits per heavy atom. The molecule has 150 valence electrons. The van der Waals surface area contributed by atoms with E-state index < -0.39 is 5.60 Å². The lowest BCUT2D eigenvalue weighted by atomic mass is 10.2. The Hall–Kier alpha value is -2.51. The smallest absolute Gasteiger partial charge is 0.407 e. The van der Waals surface area contributed by atoms with Crippen molar-refractivity contribution in [1.82, 2.24) is 20.5 Å². The zero-order chi connectivity index (χ0) is 19.7. The van der Waals surface area contributed by atoms with Crippen molar-refractivity contribution in [2.24, 2.45) is 4.99 Å². The van der Waals surface area contributed by atoms with Crippen LogP contribution in [0.5, 0.6) is 5.75 Å². The molecule has 8 nitrogen and oxygen atoms in total. The summed E-state index contributed by atoms with van der Waals surface area (Å²) in [4.78, 5) is 22.7. The molecule has 0 radical (unpaired) electrons. The van der Waals surface area contributed by atoms with Crippen molar-refractivity contribution in [2.75, 3.05) is 32.8 Å². The SMILES string of the molecule is CCNC(=NCCOc1cccnc1)N1CCC(NC(=O)OC(C)(C)C)C1. The summed E-state index contributed by atoms with van der Waals surface area (Å²) >= 11 is 0. The van der Waals surface area contributed by atoms with Crippen LogP contribution in [0.15, 0.2) is 29.5 Å². The number of carbonyl (C=O) groups is 1. The van der Waals surface area contributed by atoms with Crippen LogP contribution >= 0.6 is 0 Å². The summed E-state index contributed by atoms with van der Waals surface area (Å²) < 4.78 is 11.0. The van der Waals surface area contributed by atoms with Gasteiger partial charge in [0.15, 0.2) is 5.96 Å². The number of guanidine groups is 1. The Kier molecular flexibility index (Phi) is 7.69. The summed E-state index contributed by atoms with van der Waals surface area (Å²) in [6.45, 7) is 10.9. The van der Waals surface area contributed by atoms with E-state index in [1.165, 1.54) is 0 Å². The third-order valence-corrected chi connectivity index (χ3v) is 3.80. The number of aliphatic imine (C=N–C) groups is 1. The number of ether oxygens (including phenoxy) is 2. The van der Waals surface area contributed by atoms with E-state index in [4.69, 9.17) is 9.47 Å². The number of amides is 1. The van der Waals surface area contributed by atoms with Crippen LogP contribution in [0.2, 0.25) is 0 Å². The van der Waals surface area contributed by atoms with Gasteiger partial charge < -0.3 is 25.0 Å². The summed E-state index contributed by atoms with van der Waals surface area (Å²) in [5.41, 5.74) is -0.493. The number of nitrogens with zero attached hydrogens (tertiary/aromatic N) is 3. The predicted molar refractivity (Wildman–Crippen MR) is 105 cm³/mol. The number of carbonyl (C=O) groups excluding carboxylic acids is 1. The molecule has 0 spiro atoms. The highest BCUT2D eigenvalue weighted by Gasteiger charge is 2.27. The van der Waals surface area contributed by atoms with E-state index >= 15 is 0 Å². The Morgan fingerprint density at radius 1 is 1.44 bits per heavy atom. The van der Waals surface area contributed by atoms with Gasteiger partial charge in [0.05, 0.1) is 18.8 Å². The predicted octanol–water partition coefficient (Wildman–Crippen LogP) is 2.02. The van der Waals surface area contributed by atoms with E-state index in [1.807, 2.05) is 39.8 Å². The van der Waals surface area contributed by atoms with Crippen molar-refractivity contribution in [3.63, 3.8) is 0 Å². The van der Waals surface area contributed by atoms with Gasteiger partial charge in [-0.15, -0.1) is 0 Å². The number of hydrogen-bond acceptors (Lipinski definition) is 5. The molecule has 2 N–H and O–H groups in total. The molecule has 2 rings (SSSR count). The fourth-order valence-electron chi connectivity index (χ4n) is 2.72. The number of likely N-dealkylation sites (tertiary alicyclic amines) is 1. The van der Waals surface area contributed by atoms with Gasteiger partial charge in [-0.25, -0.2) is 9.79 Å². The lowest BCUT2D eigenvalue weighted by molar-refractivity contribution is 0.0507. The highest BCUT2D eigenvalue weighted by molar-refractivity contribution is 5.80. The second-order valence-corrected chi connectivity index (χ2v) is 7.35. The molecule has 0 saturated carbocycles. The summed E-state index contributed by atoms with van der Waals surface area (Å²) in [5.74, 6) is 1.57. The Balaban J connectivity index is 1.81. The molecule has 0 bridgehead atoms. The van der Waals surface area contributed by atoms with Crippen LogP contribution in [0.25, 0.3) is 0 Å². The number of pyridine rings is 1. The molecule has 1 aromatic rings. The maximum absolute atomic E-state index is 11.9. The van der Waals surface area contributed by atoms with Crippen LogP contribution in [0.3, 0.4) is 0 Å². The first-order chi connectivity index (χ1) is 12.9. The van der Waals surface area contributed by atoms with E-state index in [0.717, 1.165) is 31.2 Å². The zero-order valence-electron chi connectivity index (χ0n) is 16.7. The summed E-state index contributed by atoms with van der Waals surface area (Å²) in [6, 6.07) is 3.76. The summed E-state index contributed by atoms with van der Waals surface area (Å²) in [6.07, 6.45) is 3.88. The van der Waals surface area contributed by atoms with Gasteiger partial charge in [-0.05, 0) is 46.2 Å². The van der Waals surface area contributed by atoms with Gasteiger partial charge in [0.25, 0.3) is 0 Å². The van der Waals surface area contributed by atoms with Crippen LogP contribution in [-0.2, 0) is 4.74 Å². The van der Waals surface area contributed by atoms with Crippen molar-refractivity contribution in [1.29, 1.82) is 0 Å². The maximum atomic E-state index is 11.9. The standard InChI is InChI=1S/C19H31N5O3/c1-5-21-17(22-10-12-26-16-7-6-9-20-13-16)24-11-8-15(14-24)23-18(25)27-19(2,3)4/h6-7,9,13,15H,5,8,10-12,14H2,1-4H3,(H,21,22)(H,23,25). The maximum Gasteiger partial charge on any atom is 0.407 e. The molecule has 27 heavy (non-hydrogen) atoms. The minimum absolute atomic E-state index is 0.0512. The summed E-state index contributed by atoms with van der Waals surface area (Å²) in [7, 11) is 0. The molecule has 1 amide bonds. The van der Waals surface area contributed by atoms with E-state index in [1.54, 1.807) is 12.4 Å². The van der Waals surface area contributed by atoms with E-state index in [2.05, 4.69) is 25.5 Å². The van der Waals surface area contributed by atoms with Gasteiger partial charge in [-0.3, -0.25) is 4.98 Å². The molecule has 1 aliphatic heterocycles. The van der Waals surface area contributed by atoms with E-state index in [9.17, 15) is 4.79 Å². The number of aromatic nitrogens is 1.